The summed E-state index contributed by atoms with van der Waals surface area (Å²) in [6.07, 6.45) is 1.68. The molecule has 35 heavy (non-hydrogen) atoms. The fourth-order valence-corrected chi connectivity index (χ4v) is 4.57. The maximum Gasteiger partial charge on any atom is 0.417 e. The third-order valence-electron chi connectivity index (χ3n) is 5.94. The second kappa shape index (κ2) is 12.1. The molecule has 190 valence electrons. The van der Waals surface area contributed by atoms with Crippen LogP contribution < -0.4 is 10.6 Å². The van der Waals surface area contributed by atoms with Crippen LogP contribution in [0.15, 0.2) is 55.0 Å². The van der Waals surface area contributed by atoms with E-state index in [0.717, 1.165) is 48.7 Å². The van der Waals surface area contributed by atoms with Crippen molar-refractivity contribution in [3.63, 3.8) is 0 Å². The number of aromatic nitrogens is 2. The van der Waals surface area contributed by atoms with Gasteiger partial charge < -0.3 is 15.2 Å². The van der Waals surface area contributed by atoms with E-state index in [1.165, 1.54) is 12.1 Å². The van der Waals surface area contributed by atoms with Crippen LogP contribution in [-0.4, -0.2) is 28.0 Å². The zero-order chi connectivity index (χ0) is 23.6. The van der Waals surface area contributed by atoms with Gasteiger partial charge in [0.1, 0.15) is 0 Å². The highest BCUT2D eigenvalue weighted by Gasteiger charge is 2.35. The molecule has 2 atom stereocenters. The molecule has 1 unspecified atom stereocenters. The highest BCUT2D eigenvalue weighted by atomic mass is 35.5. The van der Waals surface area contributed by atoms with Gasteiger partial charge in [-0.05, 0) is 43.1 Å². The van der Waals surface area contributed by atoms with Crippen molar-refractivity contribution >= 4 is 42.3 Å². The number of amides is 1. The molecular weight excluding hydrogens is 524 g/mol. The number of carbonyl (C=O) groups excluding carboxylic acids is 1. The van der Waals surface area contributed by atoms with Gasteiger partial charge in [-0.1, -0.05) is 42.3 Å². The predicted octanol–water partition coefficient (Wildman–Crippen LogP) is 6.22. The van der Waals surface area contributed by atoms with Gasteiger partial charge in [-0.15, -0.1) is 24.8 Å². The Kier molecular flexibility index (Phi) is 10.0. The van der Waals surface area contributed by atoms with E-state index in [0.29, 0.717) is 0 Å². The standard InChI is InChI=1S/C24H24ClF3N4O.2ClH/c1-32-14-29-13-20(32)15-6-4-7-16(12-15)22(19-10-2-3-11-30-19)31-23(33)17-8-5-9-18(21(17)25)24(26,27)28;;/h4-9,12-14,19,22,30H,2-3,10-11H2,1H3,(H,31,33);2*1H/t19-,22?;;/m0../s1. The van der Waals surface area contributed by atoms with Crippen molar-refractivity contribution in [1.82, 2.24) is 20.2 Å². The number of imidazole rings is 1. The molecule has 2 heterocycles. The summed E-state index contributed by atoms with van der Waals surface area (Å²) in [6.45, 7) is 0.808. The monoisotopic (exact) mass is 548 g/mol. The lowest BCUT2D eigenvalue weighted by atomic mass is 9.91. The third-order valence-corrected chi connectivity index (χ3v) is 6.35. The summed E-state index contributed by atoms with van der Waals surface area (Å²) in [6, 6.07) is 10.6. The Labute approximate surface area is 219 Å². The Bertz CT molecular complexity index is 1150. The molecule has 3 aromatic rings. The minimum absolute atomic E-state index is 0. The topological polar surface area (TPSA) is 59.0 Å². The lowest BCUT2D eigenvalue weighted by molar-refractivity contribution is -0.137. The highest BCUT2D eigenvalue weighted by molar-refractivity contribution is 6.34. The quantitative estimate of drug-likeness (QED) is 0.397. The fraction of sp³-hybridized carbons (Fsp3) is 0.333. The third kappa shape index (κ3) is 6.50. The fourth-order valence-electron chi connectivity index (χ4n) is 4.25. The van der Waals surface area contributed by atoms with E-state index in [-0.39, 0.29) is 36.4 Å². The Hall–Kier alpha value is -2.26. The van der Waals surface area contributed by atoms with Crippen LogP contribution in [0.3, 0.4) is 0 Å². The van der Waals surface area contributed by atoms with Crippen LogP contribution in [0.25, 0.3) is 11.3 Å². The molecule has 11 heteroatoms. The van der Waals surface area contributed by atoms with Crippen LogP contribution >= 0.6 is 36.4 Å². The number of benzene rings is 2. The lowest BCUT2D eigenvalue weighted by Crippen LogP contribution is -2.46. The Morgan fingerprint density at radius 1 is 1.20 bits per heavy atom. The van der Waals surface area contributed by atoms with E-state index in [2.05, 4.69) is 15.6 Å². The molecule has 0 saturated carbocycles. The van der Waals surface area contributed by atoms with E-state index in [1.54, 1.807) is 12.5 Å². The number of carbonyl (C=O) groups is 1. The number of nitrogens with one attached hydrogen (secondary N) is 2. The second-order valence-electron chi connectivity index (χ2n) is 8.19. The van der Waals surface area contributed by atoms with Crippen LogP contribution in [0, 0.1) is 0 Å². The van der Waals surface area contributed by atoms with Crippen LogP contribution in [0.5, 0.6) is 0 Å². The first-order valence-corrected chi connectivity index (χ1v) is 11.1. The average molecular weight is 550 g/mol. The van der Waals surface area contributed by atoms with Gasteiger partial charge in [0.2, 0.25) is 0 Å². The lowest BCUT2D eigenvalue weighted by Gasteiger charge is -2.32. The largest absolute Gasteiger partial charge is 0.417 e. The van der Waals surface area contributed by atoms with Crippen LogP contribution in [0.2, 0.25) is 5.02 Å². The zero-order valence-electron chi connectivity index (χ0n) is 18.8. The predicted molar refractivity (Wildman–Crippen MR) is 135 cm³/mol. The van der Waals surface area contributed by atoms with Crippen molar-refractivity contribution in [3.05, 3.63) is 76.7 Å². The van der Waals surface area contributed by atoms with E-state index < -0.39 is 28.7 Å². The first kappa shape index (κ1) is 29.0. The molecule has 0 radical (unpaired) electrons. The zero-order valence-corrected chi connectivity index (χ0v) is 21.2. The number of nitrogens with zero attached hydrogens (tertiary/aromatic N) is 2. The smallest absolute Gasteiger partial charge is 0.344 e. The summed E-state index contributed by atoms with van der Waals surface area (Å²) >= 11 is 6.01. The maximum absolute atomic E-state index is 13.3. The molecule has 2 N–H and O–H groups in total. The van der Waals surface area contributed by atoms with Crippen molar-refractivity contribution in [3.8, 4) is 11.3 Å². The molecule has 4 rings (SSSR count). The molecular formula is C24H26Cl3F3N4O. The van der Waals surface area contributed by atoms with Crippen LogP contribution in [-0.2, 0) is 13.2 Å². The molecule has 1 aromatic heterocycles. The first-order chi connectivity index (χ1) is 15.8. The van der Waals surface area contributed by atoms with Crippen molar-refractivity contribution in [2.75, 3.05) is 6.54 Å². The summed E-state index contributed by atoms with van der Waals surface area (Å²) in [5.41, 5.74) is 1.47. The van der Waals surface area contributed by atoms with Crippen molar-refractivity contribution < 1.29 is 18.0 Å². The van der Waals surface area contributed by atoms with Gasteiger partial charge in [0.05, 0.1) is 40.4 Å². The van der Waals surface area contributed by atoms with Gasteiger partial charge >= 0.3 is 6.18 Å². The van der Waals surface area contributed by atoms with Gasteiger partial charge in [0.15, 0.2) is 0 Å². The van der Waals surface area contributed by atoms with E-state index in [4.69, 9.17) is 11.6 Å². The molecule has 1 saturated heterocycles. The highest BCUT2D eigenvalue weighted by Crippen LogP contribution is 2.36. The SMILES string of the molecule is Cl.Cl.Cn1cncc1-c1cccc(C(NC(=O)c2cccc(C(F)(F)F)c2Cl)[C@@H]2CCCCN2)c1. The van der Waals surface area contributed by atoms with Crippen LogP contribution in [0.4, 0.5) is 13.2 Å². The summed E-state index contributed by atoms with van der Waals surface area (Å²) in [4.78, 5) is 17.3. The Balaban J connectivity index is 0.00000216. The Morgan fingerprint density at radius 3 is 2.57 bits per heavy atom. The summed E-state index contributed by atoms with van der Waals surface area (Å²) in [5, 5.41) is 5.80. The number of aryl methyl sites for hydroxylation is 1. The summed E-state index contributed by atoms with van der Waals surface area (Å²) in [5.74, 6) is -0.644. The number of alkyl halides is 3. The van der Waals surface area contributed by atoms with E-state index in [1.807, 2.05) is 35.9 Å². The van der Waals surface area contributed by atoms with Gasteiger partial charge in [-0.2, -0.15) is 13.2 Å². The van der Waals surface area contributed by atoms with Gasteiger partial charge in [0.25, 0.3) is 5.91 Å². The number of rotatable bonds is 5. The molecule has 1 fully saturated rings. The molecule has 1 aliphatic rings. The molecule has 2 aromatic carbocycles. The molecule has 0 spiro atoms. The van der Waals surface area contributed by atoms with Gasteiger partial charge in [-0.25, -0.2) is 4.98 Å². The van der Waals surface area contributed by atoms with Crippen molar-refractivity contribution in [2.24, 2.45) is 7.05 Å². The number of hydrogen-bond acceptors (Lipinski definition) is 3. The van der Waals surface area contributed by atoms with Crippen LogP contribution in [0.1, 0.15) is 46.8 Å². The van der Waals surface area contributed by atoms with E-state index in [9.17, 15) is 18.0 Å². The molecule has 0 aliphatic carbocycles. The average Bonchev–Trinajstić information content (AvgIpc) is 3.23. The second-order valence-corrected chi connectivity index (χ2v) is 8.57. The molecule has 0 bridgehead atoms. The number of halogens is 6. The summed E-state index contributed by atoms with van der Waals surface area (Å²) < 4.78 is 41.8. The summed E-state index contributed by atoms with van der Waals surface area (Å²) in [7, 11) is 1.90. The first-order valence-electron chi connectivity index (χ1n) is 10.7. The van der Waals surface area contributed by atoms with Gasteiger partial charge in [0, 0.05) is 18.7 Å². The van der Waals surface area contributed by atoms with E-state index >= 15 is 0 Å². The van der Waals surface area contributed by atoms with Crippen molar-refractivity contribution in [1.29, 1.82) is 0 Å². The maximum atomic E-state index is 13.3. The Morgan fingerprint density at radius 2 is 1.94 bits per heavy atom. The molecule has 1 aliphatic heterocycles. The van der Waals surface area contributed by atoms with Crippen molar-refractivity contribution in [2.45, 2.75) is 37.5 Å². The minimum atomic E-state index is -4.64. The normalized spacial score (nSPS) is 16.5. The van der Waals surface area contributed by atoms with Gasteiger partial charge in [-0.3, -0.25) is 4.79 Å². The minimum Gasteiger partial charge on any atom is -0.344 e. The molecule has 1 amide bonds. The number of piperidine rings is 1. The number of hydrogen-bond donors (Lipinski definition) is 2. The molecule has 5 nitrogen and oxygen atoms in total.